The third-order valence-electron chi connectivity index (χ3n) is 8.40. The lowest BCUT2D eigenvalue weighted by Crippen LogP contribution is -1.96. The lowest BCUT2D eigenvalue weighted by Gasteiger charge is -2.08. The lowest BCUT2D eigenvalue weighted by molar-refractivity contribution is 1.44. The molecule has 0 fully saturated rings. The molecule has 0 N–H and O–H groups in total. The molecule has 0 bridgehead atoms. The van der Waals surface area contributed by atoms with Gasteiger partial charge in [0.05, 0.1) is 0 Å². The van der Waals surface area contributed by atoms with Crippen LogP contribution in [-0.2, 0) is 0 Å². The molecule has 0 radical (unpaired) electrons. The Morgan fingerprint density at radius 3 is 1.62 bits per heavy atom. The fourth-order valence-corrected chi connectivity index (χ4v) is 8.62. The third-order valence-corrected chi connectivity index (χ3v) is 10.8. The first-order valence-corrected chi connectivity index (χ1v) is 16.5. The van der Waals surface area contributed by atoms with Crippen molar-refractivity contribution in [1.82, 2.24) is 0 Å². The van der Waals surface area contributed by atoms with E-state index in [4.69, 9.17) is 4.99 Å². The van der Waals surface area contributed by atoms with E-state index in [2.05, 4.69) is 152 Å². The van der Waals surface area contributed by atoms with Crippen molar-refractivity contribution in [2.75, 3.05) is 0 Å². The van der Waals surface area contributed by atoms with Crippen LogP contribution < -0.4 is 0 Å². The summed E-state index contributed by atoms with van der Waals surface area (Å²) < 4.78 is 5.23. The summed E-state index contributed by atoms with van der Waals surface area (Å²) in [5, 5.41) is 5.21. The second-order valence-corrected chi connectivity index (χ2v) is 13.2. The zero-order chi connectivity index (χ0) is 30.3. The van der Waals surface area contributed by atoms with Crippen molar-refractivity contribution in [2.24, 2.45) is 9.98 Å². The first-order chi connectivity index (χ1) is 22.2. The molecule has 8 aromatic rings. The molecule has 214 valence electrons. The summed E-state index contributed by atoms with van der Waals surface area (Å²) in [7, 11) is 0. The molecule has 0 unspecified atom stereocenters. The van der Waals surface area contributed by atoms with Gasteiger partial charge >= 0.3 is 0 Å². The van der Waals surface area contributed by atoms with Crippen LogP contribution in [0.4, 0.5) is 0 Å². The van der Waals surface area contributed by atoms with Gasteiger partial charge in [-0.25, -0.2) is 9.98 Å². The van der Waals surface area contributed by atoms with Crippen molar-refractivity contribution in [3.63, 3.8) is 0 Å². The Hall–Kier alpha value is -5.16. The monoisotopic (exact) mass is 612 g/mol. The molecular formula is C41H28N2S2. The number of nitrogens with zero attached hydrogens (tertiary/aromatic N) is 2. The Morgan fingerprint density at radius 2 is 1.04 bits per heavy atom. The molecule has 0 spiro atoms. The smallest absolute Gasteiger partial charge is 0.158 e. The van der Waals surface area contributed by atoms with Gasteiger partial charge in [0.2, 0.25) is 0 Å². The zero-order valence-corrected chi connectivity index (χ0v) is 26.3. The van der Waals surface area contributed by atoms with Crippen LogP contribution in [0.3, 0.4) is 0 Å². The first-order valence-electron chi connectivity index (χ1n) is 14.9. The van der Waals surface area contributed by atoms with Gasteiger partial charge in [-0.2, -0.15) is 0 Å². The van der Waals surface area contributed by atoms with E-state index in [0.717, 1.165) is 22.3 Å². The van der Waals surface area contributed by atoms with E-state index in [9.17, 15) is 0 Å². The highest BCUT2D eigenvalue weighted by Gasteiger charge is 2.13. The minimum Gasteiger partial charge on any atom is -0.245 e. The van der Waals surface area contributed by atoms with E-state index >= 15 is 0 Å². The Kier molecular flexibility index (Phi) is 6.94. The van der Waals surface area contributed by atoms with Crippen LogP contribution in [0.2, 0.25) is 0 Å². The maximum absolute atomic E-state index is 4.83. The Labute approximate surface area is 270 Å². The first kappa shape index (κ1) is 27.4. The number of rotatable bonds is 5. The van der Waals surface area contributed by atoms with Crippen LogP contribution in [0.25, 0.3) is 68.2 Å². The van der Waals surface area contributed by atoms with E-state index in [1.54, 1.807) is 0 Å². The number of benzene rings is 6. The Bertz CT molecular complexity index is 2470. The maximum Gasteiger partial charge on any atom is 0.158 e. The van der Waals surface area contributed by atoms with Gasteiger partial charge in [0.1, 0.15) is 0 Å². The largest absolute Gasteiger partial charge is 0.245 e. The normalized spacial score (nSPS) is 12.5. The van der Waals surface area contributed by atoms with Gasteiger partial charge < -0.3 is 0 Å². The average Bonchev–Trinajstić information content (AvgIpc) is 3.67. The molecule has 0 saturated carbocycles. The van der Waals surface area contributed by atoms with Crippen molar-refractivity contribution in [1.29, 1.82) is 0 Å². The molecule has 0 aliphatic carbocycles. The summed E-state index contributed by atoms with van der Waals surface area (Å²) in [6.45, 7) is 5.96. The molecule has 2 aromatic heterocycles. The van der Waals surface area contributed by atoms with Crippen LogP contribution in [0.15, 0.2) is 150 Å². The number of hydrogen-bond donors (Lipinski definition) is 0. The maximum atomic E-state index is 4.83. The standard InChI is InChI=1S/C41H28N2S2/c1-26(27-11-7-12-28(23-27)31-17-9-19-35-33-15-3-5-21-37(33)44-39(31)35)25-43-41(42-2)30-14-8-13-29(24-30)32-18-10-20-36-34-16-4-6-22-38(34)45-40(32)36/h3-25H,2H2,1H3/b26-25+,43-41-. The number of aliphatic imine (C=N–C) groups is 2. The van der Waals surface area contributed by atoms with Gasteiger partial charge in [0.15, 0.2) is 5.84 Å². The molecule has 0 atom stereocenters. The van der Waals surface area contributed by atoms with E-state index in [0.29, 0.717) is 5.84 Å². The minimum atomic E-state index is 0.603. The quantitative estimate of drug-likeness (QED) is 0.136. The molecule has 6 aromatic carbocycles. The second-order valence-electron chi connectivity index (χ2n) is 11.1. The third kappa shape index (κ3) is 4.89. The summed E-state index contributed by atoms with van der Waals surface area (Å²) in [4.78, 5) is 9.17. The van der Waals surface area contributed by atoms with Crippen LogP contribution in [0, 0.1) is 0 Å². The SMILES string of the molecule is C=N/C(=N\C=C(/C)c1cccc(-c2cccc3c2sc2ccccc23)c1)c1cccc(-c2cccc3c2sc2ccccc23)c1. The van der Waals surface area contributed by atoms with Gasteiger partial charge in [-0.3, -0.25) is 0 Å². The number of amidine groups is 1. The summed E-state index contributed by atoms with van der Waals surface area (Å²) in [5.74, 6) is 0.603. The molecule has 0 amide bonds. The summed E-state index contributed by atoms with van der Waals surface area (Å²) in [6.07, 6.45) is 1.91. The fourth-order valence-electron chi connectivity index (χ4n) is 6.15. The second kappa shape index (κ2) is 11.4. The fraction of sp³-hybridized carbons (Fsp3) is 0.0244. The molecule has 45 heavy (non-hydrogen) atoms. The summed E-state index contributed by atoms with van der Waals surface area (Å²) in [5.41, 5.74) is 7.95. The molecular weight excluding hydrogens is 585 g/mol. The molecule has 2 nitrogen and oxygen atoms in total. The highest BCUT2D eigenvalue weighted by atomic mass is 32.1. The average molecular weight is 613 g/mol. The molecule has 0 aliphatic heterocycles. The number of hydrogen-bond acceptors (Lipinski definition) is 3. The summed E-state index contributed by atoms with van der Waals surface area (Å²) in [6, 6.07) is 47.6. The van der Waals surface area contributed by atoms with Crippen molar-refractivity contribution in [3.05, 3.63) is 151 Å². The van der Waals surface area contributed by atoms with Gasteiger partial charge in [-0.05, 0) is 71.3 Å². The van der Waals surface area contributed by atoms with E-state index in [1.807, 2.05) is 28.9 Å². The van der Waals surface area contributed by atoms with E-state index in [1.165, 1.54) is 57.0 Å². The van der Waals surface area contributed by atoms with Gasteiger partial charge in [-0.15, -0.1) is 22.7 Å². The number of thiophene rings is 2. The van der Waals surface area contributed by atoms with Crippen molar-refractivity contribution in [3.8, 4) is 22.3 Å². The van der Waals surface area contributed by atoms with Crippen LogP contribution in [0.1, 0.15) is 18.1 Å². The van der Waals surface area contributed by atoms with Gasteiger partial charge in [-0.1, -0.05) is 109 Å². The zero-order valence-electron chi connectivity index (χ0n) is 24.7. The lowest BCUT2D eigenvalue weighted by atomic mass is 9.98. The predicted octanol–water partition coefficient (Wildman–Crippen LogP) is 12.3. The van der Waals surface area contributed by atoms with Crippen molar-refractivity contribution >= 4 is 81.1 Å². The number of allylic oxidation sites excluding steroid dienone is 1. The van der Waals surface area contributed by atoms with Crippen LogP contribution in [0.5, 0.6) is 0 Å². The van der Waals surface area contributed by atoms with Crippen molar-refractivity contribution < 1.29 is 0 Å². The van der Waals surface area contributed by atoms with Gasteiger partial charge in [0.25, 0.3) is 0 Å². The van der Waals surface area contributed by atoms with E-state index in [-0.39, 0.29) is 0 Å². The minimum absolute atomic E-state index is 0.603. The number of fused-ring (bicyclic) bond motifs is 6. The van der Waals surface area contributed by atoms with Crippen LogP contribution >= 0.6 is 22.7 Å². The van der Waals surface area contributed by atoms with Gasteiger partial charge in [0, 0.05) is 52.1 Å². The summed E-state index contributed by atoms with van der Waals surface area (Å²) >= 11 is 3.70. The Morgan fingerprint density at radius 1 is 0.556 bits per heavy atom. The molecule has 2 heterocycles. The molecule has 0 saturated heterocycles. The topological polar surface area (TPSA) is 24.7 Å². The van der Waals surface area contributed by atoms with Crippen LogP contribution in [-0.4, -0.2) is 12.6 Å². The highest BCUT2D eigenvalue weighted by molar-refractivity contribution is 7.26. The van der Waals surface area contributed by atoms with Crippen molar-refractivity contribution in [2.45, 2.75) is 6.92 Å². The molecule has 0 aliphatic rings. The predicted molar refractivity (Wildman–Crippen MR) is 199 cm³/mol. The molecule has 8 rings (SSSR count). The molecule has 4 heteroatoms. The Balaban J connectivity index is 1.13. The highest BCUT2D eigenvalue weighted by Crippen LogP contribution is 2.41. The van der Waals surface area contributed by atoms with E-state index < -0.39 is 0 Å².